The van der Waals surface area contributed by atoms with E-state index in [1.54, 1.807) is 0 Å². The molecule has 0 bridgehead atoms. The lowest BCUT2D eigenvalue weighted by molar-refractivity contribution is 0.768. The highest BCUT2D eigenvalue weighted by atomic mass is 15.1. The van der Waals surface area contributed by atoms with Crippen molar-refractivity contribution in [2.75, 3.05) is 4.90 Å². The molecule has 0 radical (unpaired) electrons. The molecule has 398 valence electrons. The SMILES string of the molecule is c1ccc(C2(c3ccccc3)c3ccccc3-c3c(-c4ccc(N(c5ccc(-c6ccc(-c7cccc(-n8c9ccccc9c9ccccc98)c7)cc6)cc5)c5ccc(-c6cccc(-c7ccc8ccccc8c7)c6)cc5)cc4)cccc32)cc1. The molecule has 0 aliphatic heterocycles. The van der Waals surface area contributed by atoms with E-state index < -0.39 is 5.41 Å². The van der Waals surface area contributed by atoms with E-state index in [1.165, 1.54) is 116 Å². The second kappa shape index (κ2) is 20.7. The number of hydrogen-bond acceptors (Lipinski definition) is 1. The zero-order valence-electron chi connectivity index (χ0n) is 46.7. The highest BCUT2D eigenvalue weighted by Gasteiger charge is 2.46. The van der Waals surface area contributed by atoms with Gasteiger partial charge in [-0.1, -0.05) is 267 Å². The zero-order valence-corrected chi connectivity index (χ0v) is 46.7. The minimum atomic E-state index is -0.472. The third-order valence-corrected chi connectivity index (χ3v) is 17.7. The molecule has 14 aromatic carbocycles. The molecule has 1 aromatic heterocycles. The molecule has 0 amide bonds. The fourth-order valence-corrected chi connectivity index (χ4v) is 13.7. The Bertz CT molecular complexity index is 4870. The van der Waals surface area contributed by atoms with Crippen molar-refractivity contribution in [3.05, 3.63) is 362 Å². The number of hydrogen-bond donors (Lipinski definition) is 0. The van der Waals surface area contributed by atoms with Gasteiger partial charge in [-0.3, -0.25) is 0 Å². The fraction of sp³-hybridized carbons (Fsp3) is 0.0120. The number of aromatic nitrogens is 1. The lowest BCUT2D eigenvalue weighted by Gasteiger charge is -2.34. The van der Waals surface area contributed by atoms with Gasteiger partial charge in [-0.05, 0) is 173 Å². The van der Waals surface area contributed by atoms with Crippen molar-refractivity contribution in [3.8, 4) is 72.4 Å². The number of fused-ring (bicyclic) bond motifs is 7. The molecule has 0 saturated heterocycles. The van der Waals surface area contributed by atoms with Gasteiger partial charge < -0.3 is 9.47 Å². The van der Waals surface area contributed by atoms with E-state index in [1.807, 2.05) is 0 Å². The summed E-state index contributed by atoms with van der Waals surface area (Å²) in [5.74, 6) is 0. The second-order valence-electron chi connectivity index (χ2n) is 22.4. The Labute approximate surface area is 496 Å². The Morgan fingerprint density at radius 1 is 0.247 bits per heavy atom. The molecule has 2 nitrogen and oxygen atoms in total. The quantitative estimate of drug-likeness (QED) is 0.125. The van der Waals surface area contributed by atoms with Crippen LogP contribution in [0.4, 0.5) is 17.1 Å². The van der Waals surface area contributed by atoms with Gasteiger partial charge in [0.25, 0.3) is 0 Å². The van der Waals surface area contributed by atoms with Crippen LogP contribution in [0.25, 0.3) is 105 Å². The van der Waals surface area contributed by atoms with E-state index in [0.29, 0.717) is 0 Å². The molecule has 15 aromatic rings. The summed E-state index contributed by atoms with van der Waals surface area (Å²) >= 11 is 0. The van der Waals surface area contributed by atoms with Crippen LogP contribution < -0.4 is 4.90 Å². The molecule has 0 spiro atoms. The van der Waals surface area contributed by atoms with E-state index in [2.05, 4.69) is 349 Å². The normalized spacial score (nSPS) is 12.3. The lowest BCUT2D eigenvalue weighted by Crippen LogP contribution is -2.28. The first-order chi connectivity index (χ1) is 42.1. The van der Waals surface area contributed by atoms with Crippen LogP contribution in [0.3, 0.4) is 0 Å². The highest BCUT2D eigenvalue weighted by molar-refractivity contribution is 6.09. The lowest BCUT2D eigenvalue weighted by atomic mass is 9.67. The summed E-state index contributed by atoms with van der Waals surface area (Å²) in [6.07, 6.45) is 0. The minimum Gasteiger partial charge on any atom is -0.311 e. The molecule has 1 aliphatic rings. The molecule has 1 aliphatic carbocycles. The molecular formula is C83H56N2. The zero-order chi connectivity index (χ0) is 56.3. The first-order valence-electron chi connectivity index (χ1n) is 29.4. The maximum Gasteiger partial charge on any atom is 0.0713 e. The Kier molecular flexibility index (Phi) is 12.1. The monoisotopic (exact) mass is 1080 g/mol. The van der Waals surface area contributed by atoms with E-state index in [4.69, 9.17) is 0 Å². The summed E-state index contributed by atoms with van der Waals surface area (Å²) in [6, 6.07) is 125. The van der Waals surface area contributed by atoms with Crippen LogP contribution in [-0.4, -0.2) is 4.57 Å². The predicted octanol–water partition coefficient (Wildman–Crippen LogP) is 22.1. The first kappa shape index (κ1) is 49.7. The molecule has 16 rings (SSSR count). The van der Waals surface area contributed by atoms with Crippen molar-refractivity contribution in [2.24, 2.45) is 0 Å². The van der Waals surface area contributed by atoms with E-state index >= 15 is 0 Å². The van der Waals surface area contributed by atoms with E-state index in [0.717, 1.165) is 28.3 Å². The van der Waals surface area contributed by atoms with Crippen LogP contribution in [0.2, 0.25) is 0 Å². The van der Waals surface area contributed by atoms with Gasteiger partial charge in [-0.15, -0.1) is 0 Å². The highest BCUT2D eigenvalue weighted by Crippen LogP contribution is 2.58. The maximum absolute atomic E-state index is 2.39. The van der Waals surface area contributed by atoms with E-state index in [9.17, 15) is 0 Å². The number of para-hydroxylation sites is 2. The van der Waals surface area contributed by atoms with Gasteiger partial charge >= 0.3 is 0 Å². The second-order valence-corrected chi connectivity index (χ2v) is 22.4. The molecule has 2 heteroatoms. The van der Waals surface area contributed by atoms with Crippen LogP contribution in [0, 0.1) is 0 Å². The Balaban J connectivity index is 0.752. The molecule has 0 fully saturated rings. The molecule has 0 saturated carbocycles. The largest absolute Gasteiger partial charge is 0.311 e. The first-order valence-corrected chi connectivity index (χ1v) is 29.4. The van der Waals surface area contributed by atoms with Crippen LogP contribution in [-0.2, 0) is 5.41 Å². The van der Waals surface area contributed by atoms with Gasteiger partial charge in [0.1, 0.15) is 0 Å². The number of benzene rings is 14. The van der Waals surface area contributed by atoms with Crippen LogP contribution in [0.5, 0.6) is 0 Å². The topological polar surface area (TPSA) is 8.17 Å². The molecule has 0 unspecified atom stereocenters. The molecule has 0 atom stereocenters. The van der Waals surface area contributed by atoms with Crippen molar-refractivity contribution >= 4 is 49.6 Å². The van der Waals surface area contributed by atoms with Gasteiger partial charge in [0.05, 0.1) is 16.4 Å². The summed E-state index contributed by atoms with van der Waals surface area (Å²) in [5.41, 5.74) is 25.9. The van der Waals surface area contributed by atoms with Crippen molar-refractivity contribution in [2.45, 2.75) is 5.41 Å². The Morgan fingerprint density at radius 3 is 1.27 bits per heavy atom. The third-order valence-electron chi connectivity index (χ3n) is 17.7. The average molecular weight is 1080 g/mol. The predicted molar refractivity (Wildman–Crippen MR) is 357 cm³/mol. The van der Waals surface area contributed by atoms with Gasteiger partial charge in [0.2, 0.25) is 0 Å². The van der Waals surface area contributed by atoms with Crippen molar-refractivity contribution in [1.29, 1.82) is 0 Å². The van der Waals surface area contributed by atoms with E-state index in [-0.39, 0.29) is 0 Å². The van der Waals surface area contributed by atoms with Crippen molar-refractivity contribution in [3.63, 3.8) is 0 Å². The van der Waals surface area contributed by atoms with Crippen LogP contribution in [0.15, 0.2) is 340 Å². The minimum absolute atomic E-state index is 0.472. The van der Waals surface area contributed by atoms with Crippen molar-refractivity contribution in [1.82, 2.24) is 4.57 Å². The molecule has 0 N–H and O–H groups in total. The summed E-state index contributed by atoms with van der Waals surface area (Å²) in [7, 11) is 0. The standard InChI is InChI=1S/C83H56N2/c1-3-23-68(24-4-1)83(69-25-5-2-6-26-69)78-32-12-9-30-77(78)82-74(31-17-33-79(82)83)62-46-52-72(53-47-62)84(71-50-44-61(45-51-71)64-20-15-21-65(54-64)67-41-40-57-18-7-8-19-63(57)55-67)70-48-42-59(43-49-70)58-36-38-60(39-37-58)66-22-16-27-73(56-66)85-80-34-13-10-28-75(80)76-29-11-14-35-81(76)85/h1-56H. The Hall–Kier alpha value is -11.1. The molecular weight excluding hydrogens is 1020 g/mol. The van der Waals surface area contributed by atoms with Crippen LogP contribution in [0.1, 0.15) is 22.3 Å². The van der Waals surface area contributed by atoms with Gasteiger partial charge in [0, 0.05) is 33.5 Å². The number of rotatable bonds is 11. The average Bonchev–Trinajstić information content (AvgIpc) is 1.61. The Morgan fingerprint density at radius 2 is 0.659 bits per heavy atom. The summed E-state index contributed by atoms with van der Waals surface area (Å²) in [6.45, 7) is 0. The number of anilines is 3. The molecule has 1 heterocycles. The summed E-state index contributed by atoms with van der Waals surface area (Å²) in [5, 5.41) is 5.02. The van der Waals surface area contributed by atoms with Gasteiger partial charge in [-0.25, -0.2) is 0 Å². The molecule has 85 heavy (non-hydrogen) atoms. The fourth-order valence-electron chi connectivity index (χ4n) is 13.7. The summed E-state index contributed by atoms with van der Waals surface area (Å²) < 4.78 is 2.39. The van der Waals surface area contributed by atoms with Crippen LogP contribution >= 0.6 is 0 Å². The smallest absolute Gasteiger partial charge is 0.0713 e. The maximum atomic E-state index is 2.39. The van der Waals surface area contributed by atoms with Gasteiger partial charge in [-0.2, -0.15) is 0 Å². The summed E-state index contributed by atoms with van der Waals surface area (Å²) in [4.78, 5) is 2.39. The third kappa shape index (κ3) is 8.49. The van der Waals surface area contributed by atoms with Crippen molar-refractivity contribution < 1.29 is 0 Å². The van der Waals surface area contributed by atoms with Gasteiger partial charge in [0.15, 0.2) is 0 Å². The number of nitrogens with zero attached hydrogens (tertiary/aromatic N) is 2.